The van der Waals surface area contributed by atoms with Crippen LogP contribution in [0.2, 0.25) is 0 Å². The number of rotatable bonds is 4. The molecule has 0 radical (unpaired) electrons. The fourth-order valence-electron chi connectivity index (χ4n) is 2.20. The van der Waals surface area contributed by atoms with Gasteiger partial charge in [0.15, 0.2) is 0 Å². The monoisotopic (exact) mass is 338 g/mol. The Morgan fingerprint density at radius 3 is 1.80 bits per heavy atom. The maximum Gasteiger partial charge on any atom is 0.149 e. The van der Waals surface area contributed by atoms with Gasteiger partial charge in [0.2, 0.25) is 0 Å². The van der Waals surface area contributed by atoms with E-state index in [2.05, 4.69) is 58.6 Å². The highest BCUT2D eigenvalue weighted by atomic mass is 16.5. The standard InChI is InChI=1S/C19H20O2.C4H10/c1-4-5-14-21-18-12-8-16(9-13-18)19(2,3)15-6-10-17(20)11-7-15;1-4(2)3/h6-13,20H,14H2,1-3H3;4H,1-3H3. The summed E-state index contributed by atoms with van der Waals surface area (Å²) in [5.74, 6) is 7.62. The molecule has 2 aromatic carbocycles. The summed E-state index contributed by atoms with van der Waals surface area (Å²) < 4.78 is 5.53. The summed E-state index contributed by atoms with van der Waals surface area (Å²) >= 11 is 0. The van der Waals surface area contributed by atoms with Gasteiger partial charge in [-0.25, -0.2) is 0 Å². The molecule has 0 aliphatic carbocycles. The van der Waals surface area contributed by atoms with Gasteiger partial charge in [-0.15, -0.1) is 5.92 Å². The molecule has 0 aromatic heterocycles. The predicted octanol–water partition coefficient (Wildman–Crippen LogP) is 5.78. The average Bonchev–Trinajstić information content (AvgIpc) is 2.55. The number of ether oxygens (including phenoxy) is 1. The molecule has 25 heavy (non-hydrogen) atoms. The normalized spacial score (nSPS) is 10.4. The van der Waals surface area contributed by atoms with Gasteiger partial charge >= 0.3 is 0 Å². The first-order chi connectivity index (χ1) is 11.8. The van der Waals surface area contributed by atoms with Gasteiger partial charge in [-0.3, -0.25) is 0 Å². The van der Waals surface area contributed by atoms with Crippen molar-refractivity contribution in [1.82, 2.24) is 0 Å². The Bertz CT molecular complexity index is 681. The second-order valence-electron chi connectivity index (χ2n) is 7.14. The Morgan fingerprint density at radius 2 is 1.36 bits per heavy atom. The van der Waals surface area contributed by atoms with Gasteiger partial charge in [0.05, 0.1) is 0 Å². The van der Waals surface area contributed by atoms with Crippen molar-refractivity contribution in [3.05, 3.63) is 59.7 Å². The van der Waals surface area contributed by atoms with E-state index in [1.54, 1.807) is 19.1 Å². The van der Waals surface area contributed by atoms with Crippen molar-refractivity contribution in [3.8, 4) is 23.3 Å². The lowest BCUT2D eigenvalue weighted by molar-refractivity contribution is 0.370. The van der Waals surface area contributed by atoms with Gasteiger partial charge in [0, 0.05) is 5.41 Å². The molecule has 134 valence electrons. The lowest BCUT2D eigenvalue weighted by Crippen LogP contribution is -2.18. The van der Waals surface area contributed by atoms with Gasteiger partial charge in [0.1, 0.15) is 18.1 Å². The zero-order chi connectivity index (χ0) is 18.9. The van der Waals surface area contributed by atoms with Crippen molar-refractivity contribution >= 4 is 0 Å². The molecule has 0 spiro atoms. The smallest absolute Gasteiger partial charge is 0.149 e. The summed E-state index contributed by atoms with van der Waals surface area (Å²) in [6, 6.07) is 15.4. The van der Waals surface area contributed by atoms with Gasteiger partial charge in [-0.2, -0.15) is 0 Å². The van der Waals surface area contributed by atoms with E-state index in [-0.39, 0.29) is 11.2 Å². The molecule has 2 nitrogen and oxygen atoms in total. The Morgan fingerprint density at radius 1 is 0.920 bits per heavy atom. The second-order valence-corrected chi connectivity index (χ2v) is 7.14. The van der Waals surface area contributed by atoms with Crippen LogP contribution in [0, 0.1) is 17.8 Å². The minimum absolute atomic E-state index is 0.130. The number of phenols is 1. The number of phenolic OH excluding ortho intramolecular Hbond substituents is 1. The third kappa shape index (κ3) is 6.93. The lowest BCUT2D eigenvalue weighted by atomic mass is 9.78. The maximum atomic E-state index is 9.40. The van der Waals surface area contributed by atoms with Crippen molar-refractivity contribution in [2.75, 3.05) is 6.61 Å². The van der Waals surface area contributed by atoms with Gasteiger partial charge < -0.3 is 9.84 Å². The minimum Gasteiger partial charge on any atom is -0.508 e. The first-order valence-corrected chi connectivity index (χ1v) is 8.69. The molecule has 0 aliphatic heterocycles. The van der Waals surface area contributed by atoms with Crippen LogP contribution in [-0.2, 0) is 5.41 Å². The zero-order valence-electron chi connectivity index (χ0n) is 16.3. The van der Waals surface area contributed by atoms with E-state index in [9.17, 15) is 5.11 Å². The number of benzene rings is 2. The van der Waals surface area contributed by atoms with E-state index < -0.39 is 0 Å². The van der Waals surface area contributed by atoms with E-state index >= 15 is 0 Å². The summed E-state index contributed by atoms with van der Waals surface area (Å²) in [5.41, 5.74) is 2.23. The van der Waals surface area contributed by atoms with Crippen LogP contribution in [0.1, 0.15) is 52.7 Å². The topological polar surface area (TPSA) is 29.5 Å². The van der Waals surface area contributed by atoms with Crippen molar-refractivity contribution in [2.24, 2.45) is 5.92 Å². The van der Waals surface area contributed by atoms with E-state index in [4.69, 9.17) is 4.74 Å². The molecule has 2 aromatic rings. The van der Waals surface area contributed by atoms with E-state index in [0.29, 0.717) is 6.61 Å². The molecule has 0 amide bonds. The third-order valence-corrected chi connectivity index (χ3v) is 3.65. The predicted molar refractivity (Wildman–Crippen MR) is 106 cm³/mol. The van der Waals surface area contributed by atoms with Crippen LogP contribution in [-0.4, -0.2) is 11.7 Å². The molecular formula is C23H30O2. The Balaban J connectivity index is 0.000000705. The Kier molecular flexibility index (Phi) is 8.08. The first kappa shape index (κ1) is 20.6. The number of hydrogen-bond donors (Lipinski definition) is 1. The fourth-order valence-corrected chi connectivity index (χ4v) is 2.20. The Hall–Kier alpha value is -2.40. The summed E-state index contributed by atoms with van der Waals surface area (Å²) in [6.07, 6.45) is 0. The van der Waals surface area contributed by atoms with Crippen molar-refractivity contribution in [1.29, 1.82) is 0 Å². The van der Waals surface area contributed by atoms with Gasteiger partial charge in [-0.1, -0.05) is 64.8 Å². The second kappa shape index (κ2) is 9.79. The quantitative estimate of drug-likeness (QED) is 0.716. The SMILES string of the molecule is CC#CCOc1ccc(C(C)(C)c2ccc(O)cc2)cc1.CC(C)C. The highest BCUT2D eigenvalue weighted by molar-refractivity contribution is 5.41. The van der Waals surface area contributed by atoms with Crippen molar-refractivity contribution < 1.29 is 9.84 Å². The molecule has 0 fully saturated rings. The van der Waals surface area contributed by atoms with E-state index in [0.717, 1.165) is 17.2 Å². The molecule has 0 aliphatic rings. The molecule has 0 atom stereocenters. The highest BCUT2D eigenvalue weighted by Gasteiger charge is 2.22. The average molecular weight is 338 g/mol. The van der Waals surface area contributed by atoms with E-state index in [1.165, 1.54) is 5.56 Å². The first-order valence-electron chi connectivity index (χ1n) is 8.69. The molecule has 0 unspecified atom stereocenters. The summed E-state index contributed by atoms with van der Waals surface area (Å²) in [7, 11) is 0. The molecule has 0 heterocycles. The number of hydrogen-bond acceptors (Lipinski definition) is 2. The highest BCUT2D eigenvalue weighted by Crippen LogP contribution is 2.33. The van der Waals surface area contributed by atoms with Crippen LogP contribution in [0.15, 0.2) is 48.5 Å². The Labute approximate surface area is 152 Å². The van der Waals surface area contributed by atoms with Crippen molar-refractivity contribution in [2.45, 2.75) is 47.0 Å². The summed E-state index contributed by atoms with van der Waals surface area (Å²) in [6.45, 7) is 13.0. The minimum atomic E-state index is -0.130. The molecule has 1 N–H and O–H groups in total. The van der Waals surface area contributed by atoms with Crippen LogP contribution < -0.4 is 4.74 Å². The van der Waals surface area contributed by atoms with Crippen LogP contribution in [0.25, 0.3) is 0 Å². The number of aromatic hydroxyl groups is 1. The molecule has 0 bridgehead atoms. The molecule has 2 heteroatoms. The van der Waals surface area contributed by atoms with Crippen LogP contribution in [0.5, 0.6) is 11.5 Å². The van der Waals surface area contributed by atoms with Crippen LogP contribution in [0.3, 0.4) is 0 Å². The lowest BCUT2D eigenvalue weighted by Gasteiger charge is -2.26. The van der Waals surface area contributed by atoms with Crippen molar-refractivity contribution in [3.63, 3.8) is 0 Å². The van der Waals surface area contributed by atoms with E-state index in [1.807, 2.05) is 24.3 Å². The third-order valence-electron chi connectivity index (χ3n) is 3.65. The van der Waals surface area contributed by atoms with Gasteiger partial charge in [-0.05, 0) is 48.2 Å². The van der Waals surface area contributed by atoms with Crippen LogP contribution in [0.4, 0.5) is 0 Å². The molecular weight excluding hydrogens is 308 g/mol. The molecule has 0 saturated heterocycles. The summed E-state index contributed by atoms with van der Waals surface area (Å²) in [5, 5.41) is 9.40. The zero-order valence-corrected chi connectivity index (χ0v) is 16.3. The van der Waals surface area contributed by atoms with Gasteiger partial charge in [0.25, 0.3) is 0 Å². The molecule has 0 saturated carbocycles. The van der Waals surface area contributed by atoms with Crippen LogP contribution >= 0.6 is 0 Å². The largest absolute Gasteiger partial charge is 0.508 e. The molecule has 2 rings (SSSR count). The maximum absolute atomic E-state index is 9.40. The summed E-state index contributed by atoms with van der Waals surface area (Å²) in [4.78, 5) is 0. The fraction of sp³-hybridized carbons (Fsp3) is 0.391.